The SMILES string of the molecule is COC(=O)Cc1cc(O)c(C2CC(=O)C3COC3(C)C2)c(O)c1. The number of carbonyl (C=O) groups is 2. The average molecular weight is 320 g/mol. The third-order valence-electron chi connectivity index (χ3n) is 4.99. The highest BCUT2D eigenvalue weighted by atomic mass is 16.5. The molecule has 1 aliphatic carbocycles. The van der Waals surface area contributed by atoms with Gasteiger partial charge in [-0.3, -0.25) is 9.59 Å². The van der Waals surface area contributed by atoms with Gasteiger partial charge >= 0.3 is 5.97 Å². The fourth-order valence-corrected chi connectivity index (χ4v) is 3.68. The van der Waals surface area contributed by atoms with Crippen LogP contribution in [0.2, 0.25) is 0 Å². The van der Waals surface area contributed by atoms with E-state index in [-0.39, 0.29) is 42.0 Å². The molecule has 0 spiro atoms. The largest absolute Gasteiger partial charge is 0.508 e. The number of hydrogen-bond donors (Lipinski definition) is 2. The summed E-state index contributed by atoms with van der Waals surface area (Å²) in [6.07, 6.45) is 0.812. The quantitative estimate of drug-likeness (QED) is 0.823. The maximum atomic E-state index is 12.2. The van der Waals surface area contributed by atoms with E-state index in [1.165, 1.54) is 19.2 Å². The monoisotopic (exact) mass is 320 g/mol. The number of phenols is 2. The first-order valence-corrected chi connectivity index (χ1v) is 7.62. The summed E-state index contributed by atoms with van der Waals surface area (Å²) in [6, 6.07) is 2.87. The van der Waals surface area contributed by atoms with Crippen LogP contribution >= 0.6 is 0 Å². The van der Waals surface area contributed by atoms with Crippen molar-refractivity contribution < 1.29 is 29.3 Å². The van der Waals surface area contributed by atoms with Gasteiger partial charge in [-0.25, -0.2) is 0 Å². The van der Waals surface area contributed by atoms with Gasteiger partial charge in [-0.1, -0.05) is 0 Å². The second kappa shape index (κ2) is 5.53. The third kappa shape index (κ3) is 2.67. The summed E-state index contributed by atoms with van der Waals surface area (Å²) < 4.78 is 10.1. The first-order chi connectivity index (χ1) is 10.8. The lowest BCUT2D eigenvalue weighted by Gasteiger charge is -2.51. The molecule has 1 aromatic carbocycles. The number of aromatic hydroxyl groups is 2. The van der Waals surface area contributed by atoms with Crippen LogP contribution in [0, 0.1) is 5.92 Å². The number of rotatable bonds is 3. The molecule has 2 fully saturated rings. The van der Waals surface area contributed by atoms with Crippen molar-refractivity contribution in [3.8, 4) is 11.5 Å². The van der Waals surface area contributed by atoms with Crippen molar-refractivity contribution in [1.82, 2.24) is 0 Å². The second-order valence-electron chi connectivity index (χ2n) is 6.55. The summed E-state index contributed by atoms with van der Waals surface area (Å²) >= 11 is 0. The summed E-state index contributed by atoms with van der Waals surface area (Å²) in [4.78, 5) is 23.5. The Morgan fingerprint density at radius 3 is 2.52 bits per heavy atom. The molecule has 1 aromatic rings. The van der Waals surface area contributed by atoms with E-state index in [2.05, 4.69) is 4.74 Å². The summed E-state index contributed by atoms with van der Waals surface area (Å²) in [5.41, 5.74) is 0.299. The molecule has 124 valence electrons. The maximum Gasteiger partial charge on any atom is 0.309 e. The number of carbonyl (C=O) groups excluding carboxylic acids is 2. The van der Waals surface area contributed by atoms with Crippen molar-refractivity contribution in [3.05, 3.63) is 23.3 Å². The summed E-state index contributed by atoms with van der Waals surface area (Å²) in [6.45, 7) is 2.35. The Labute approximate surface area is 134 Å². The molecule has 3 unspecified atom stereocenters. The maximum absolute atomic E-state index is 12.2. The molecule has 6 heteroatoms. The molecule has 1 saturated heterocycles. The lowest BCUT2D eigenvalue weighted by atomic mass is 9.66. The number of ether oxygens (including phenoxy) is 2. The number of ketones is 1. The van der Waals surface area contributed by atoms with Gasteiger partial charge in [0, 0.05) is 17.9 Å². The van der Waals surface area contributed by atoms with Crippen LogP contribution in [0.4, 0.5) is 0 Å². The highest BCUT2D eigenvalue weighted by Gasteiger charge is 2.53. The third-order valence-corrected chi connectivity index (χ3v) is 4.99. The number of hydrogen-bond acceptors (Lipinski definition) is 6. The van der Waals surface area contributed by atoms with Crippen molar-refractivity contribution in [2.24, 2.45) is 5.92 Å². The number of fused-ring (bicyclic) bond motifs is 1. The van der Waals surface area contributed by atoms with Crippen LogP contribution in [0.25, 0.3) is 0 Å². The van der Waals surface area contributed by atoms with E-state index >= 15 is 0 Å². The normalized spacial score (nSPS) is 29.6. The van der Waals surface area contributed by atoms with Gasteiger partial charge in [0.1, 0.15) is 17.3 Å². The smallest absolute Gasteiger partial charge is 0.309 e. The standard InChI is InChI=1S/C17H20O6/c1-17-7-10(6-12(18)11(17)8-23-17)16-13(19)3-9(4-14(16)20)5-15(21)22-2/h3-4,10-11,19-20H,5-8H2,1-2H3. The van der Waals surface area contributed by atoms with Crippen molar-refractivity contribution in [1.29, 1.82) is 0 Å². The zero-order valence-electron chi connectivity index (χ0n) is 13.2. The zero-order valence-corrected chi connectivity index (χ0v) is 13.2. The molecule has 0 radical (unpaired) electrons. The minimum absolute atomic E-state index is 0.0373. The Kier molecular flexibility index (Phi) is 3.80. The first-order valence-electron chi connectivity index (χ1n) is 7.62. The number of phenolic OH excluding ortho intramolecular Hbond substituents is 2. The highest BCUT2D eigenvalue weighted by Crippen LogP contribution is 2.51. The molecule has 0 aromatic heterocycles. The molecule has 1 saturated carbocycles. The van der Waals surface area contributed by atoms with E-state index in [4.69, 9.17) is 4.74 Å². The van der Waals surface area contributed by atoms with E-state index < -0.39 is 11.6 Å². The molecule has 3 atom stereocenters. The van der Waals surface area contributed by atoms with Crippen molar-refractivity contribution in [2.75, 3.05) is 13.7 Å². The van der Waals surface area contributed by atoms with Crippen molar-refractivity contribution in [2.45, 2.75) is 37.7 Å². The van der Waals surface area contributed by atoms with Gasteiger partial charge in [0.25, 0.3) is 0 Å². The zero-order chi connectivity index (χ0) is 16.8. The fourth-order valence-electron chi connectivity index (χ4n) is 3.68. The van der Waals surface area contributed by atoms with Gasteiger partial charge in [-0.15, -0.1) is 0 Å². The summed E-state index contributed by atoms with van der Waals surface area (Å²) in [5.74, 6) is -0.945. The molecule has 3 rings (SSSR count). The van der Waals surface area contributed by atoms with Gasteiger partial charge in [0.2, 0.25) is 0 Å². The Hall–Kier alpha value is -2.08. The van der Waals surface area contributed by atoms with Crippen LogP contribution in [0.3, 0.4) is 0 Å². The van der Waals surface area contributed by atoms with E-state index in [0.717, 1.165) is 0 Å². The Morgan fingerprint density at radius 1 is 1.39 bits per heavy atom. The molecule has 6 nitrogen and oxygen atoms in total. The minimum Gasteiger partial charge on any atom is -0.508 e. The van der Waals surface area contributed by atoms with E-state index in [1.54, 1.807) is 0 Å². The summed E-state index contributed by atoms with van der Waals surface area (Å²) in [7, 11) is 1.28. The van der Waals surface area contributed by atoms with E-state index in [9.17, 15) is 19.8 Å². The lowest BCUT2D eigenvalue weighted by molar-refractivity contribution is -0.209. The molecule has 1 heterocycles. The van der Waals surface area contributed by atoms with Crippen LogP contribution < -0.4 is 0 Å². The summed E-state index contributed by atoms with van der Waals surface area (Å²) in [5, 5.41) is 20.6. The molecule has 0 amide bonds. The molecule has 23 heavy (non-hydrogen) atoms. The van der Waals surface area contributed by atoms with Crippen LogP contribution in [-0.2, 0) is 25.5 Å². The van der Waals surface area contributed by atoms with Crippen LogP contribution in [-0.4, -0.2) is 41.3 Å². The van der Waals surface area contributed by atoms with Gasteiger partial charge in [0.05, 0.1) is 31.7 Å². The van der Waals surface area contributed by atoms with Gasteiger partial charge in [-0.05, 0) is 31.0 Å². The Bertz CT molecular complexity index is 644. The molecule has 1 aliphatic heterocycles. The average Bonchev–Trinajstić information content (AvgIpc) is 2.43. The van der Waals surface area contributed by atoms with Gasteiger partial charge in [0.15, 0.2) is 0 Å². The van der Waals surface area contributed by atoms with Crippen molar-refractivity contribution in [3.63, 3.8) is 0 Å². The molecular weight excluding hydrogens is 300 g/mol. The topological polar surface area (TPSA) is 93.1 Å². The predicted molar refractivity (Wildman–Crippen MR) is 80.3 cm³/mol. The van der Waals surface area contributed by atoms with Crippen LogP contribution in [0.5, 0.6) is 11.5 Å². The first kappa shape index (κ1) is 15.8. The van der Waals surface area contributed by atoms with Gasteiger partial charge in [-0.2, -0.15) is 0 Å². The number of benzene rings is 1. The second-order valence-corrected chi connectivity index (χ2v) is 6.55. The van der Waals surface area contributed by atoms with Crippen LogP contribution in [0.15, 0.2) is 12.1 Å². The minimum atomic E-state index is -0.510. The van der Waals surface area contributed by atoms with E-state index in [1.807, 2.05) is 6.92 Å². The molecule has 0 bridgehead atoms. The van der Waals surface area contributed by atoms with Gasteiger partial charge < -0.3 is 19.7 Å². The lowest BCUT2D eigenvalue weighted by Crippen LogP contribution is -2.58. The Morgan fingerprint density at radius 2 is 2.04 bits per heavy atom. The van der Waals surface area contributed by atoms with Crippen molar-refractivity contribution >= 4 is 11.8 Å². The Balaban J connectivity index is 1.88. The molecule has 2 aliphatic rings. The van der Waals surface area contributed by atoms with Crippen LogP contribution in [0.1, 0.15) is 36.8 Å². The van der Waals surface area contributed by atoms with E-state index in [0.29, 0.717) is 24.2 Å². The molecule has 2 N–H and O–H groups in total. The number of Topliss-reactive ketones (excluding diaryl/α,β-unsaturated/α-hetero) is 1. The number of esters is 1. The predicted octanol–water partition coefficient (Wildman–Crippen LogP) is 1.66. The highest BCUT2D eigenvalue weighted by molar-refractivity contribution is 5.85. The molecular formula is C17H20O6. The number of methoxy groups -OCH3 is 1. The fraction of sp³-hybridized carbons (Fsp3) is 0.529.